The van der Waals surface area contributed by atoms with Crippen LogP contribution in [-0.4, -0.2) is 51.0 Å². The molecule has 0 saturated heterocycles. The molecule has 2 unspecified atom stereocenters. The Balaban J connectivity index is 2.75. The van der Waals surface area contributed by atoms with Gasteiger partial charge in [-0.2, -0.15) is 0 Å². The number of sulfone groups is 1. The molecule has 21 heavy (non-hydrogen) atoms. The van der Waals surface area contributed by atoms with E-state index >= 15 is 0 Å². The molecule has 120 valence electrons. The van der Waals surface area contributed by atoms with Crippen LogP contribution in [0.2, 0.25) is 0 Å². The fourth-order valence-corrected chi connectivity index (χ4v) is 3.65. The molecule has 5 heteroatoms. The van der Waals surface area contributed by atoms with Crippen LogP contribution >= 0.6 is 0 Å². The molecule has 0 bridgehead atoms. The van der Waals surface area contributed by atoms with Gasteiger partial charge in [0.2, 0.25) is 0 Å². The van der Waals surface area contributed by atoms with E-state index in [2.05, 4.69) is 36.2 Å². The van der Waals surface area contributed by atoms with Crippen LogP contribution in [0.25, 0.3) is 0 Å². The number of benzene rings is 1. The van der Waals surface area contributed by atoms with Crippen molar-refractivity contribution in [3.63, 3.8) is 0 Å². The number of likely N-dealkylation sites (N-methyl/N-ethyl adjacent to an activating group) is 1. The Bertz CT molecular complexity index is 498. The van der Waals surface area contributed by atoms with Crippen molar-refractivity contribution in [3.05, 3.63) is 35.9 Å². The van der Waals surface area contributed by atoms with Crippen LogP contribution in [0, 0.1) is 0 Å². The molecule has 1 N–H and O–H groups in total. The molecule has 0 heterocycles. The highest BCUT2D eigenvalue weighted by Crippen LogP contribution is 2.19. The van der Waals surface area contributed by atoms with Crippen molar-refractivity contribution in [2.24, 2.45) is 0 Å². The maximum Gasteiger partial charge on any atom is 0.148 e. The highest BCUT2D eigenvalue weighted by atomic mass is 32.2. The summed E-state index contributed by atoms with van der Waals surface area (Å²) >= 11 is 0. The lowest BCUT2D eigenvalue weighted by Gasteiger charge is -2.31. The van der Waals surface area contributed by atoms with E-state index in [0.717, 1.165) is 19.6 Å². The lowest BCUT2D eigenvalue weighted by atomic mass is 10.0. The van der Waals surface area contributed by atoms with E-state index in [9.17, 15) is 8.42 Å². The van der Waals surface area contributed by atoms with Gasteiger partial charge < -0.3 is 5.32 Å². The average molecular weight is 312 g/mol. The summed E-state index contributed by atoms with van der Waals surface area (Å²) in [6.45, 7) is 8.92. The van der Waals surface area contributed by atoms with Crippen LogP contribution in [-0.2, 0) is 9.84 Å². The smallest absolute Gasteiger partial charge is 0.148 e. The third-order valence-electron chi connectivity index (χ3n) is 3.65. The van der Waals surface area contributed by atoms with Crippen LogP contribution in [0.1, 0.15) is 32.4 Å². The molecule has 0 aliphatic heterocycles. The molecular formula is C16H28N2O2S. The van der Waals surface area contributed by atoms with Crippen LogP contribution in [0.5, 0.6) is 0 Å². The Morgan fingerprint density at radius 3 is 2.19 bits per heavy atom. The highest BCUT2D eigenvalue weighted by molar-refractivity contribution is 7.90. The zero-order chi connectivity index (χ0) is 15.9. The van der Waals surface area contributed by atoms with Crippen molar-refractivity contribution in [1.29, 1.82) is 0 Å². The number of rotatable bonds is 9. The number of nitrogens with one attached hydrogen (secondary N) is 1. The second kappa shape index (κ2) is 8.51. The zero-order valence-electron chi connectivity index (χ0n) is 13.5. The van der Waals surface area contributed by atoms with Gasteiger partial charge in [-0.25, -0.2) is 8.42 Å². The molecule has 1 aromatic rings. The number of hydrogen-bond acceptors (Lipinski definition) is 4. The van der Waals surface area contributed by atoms with Gasteiger partial charge in [-0.15, -0.1) is 0 Å². The third-order valence-corrected chi connectivity index (χ3v) is 4.76. The molecule has 0 aliphatic carbocycles. The van der Waals surface area contributed by atoms with Gasteiger partial charge in [0.15, 0.2) is 0 Å². The standard InChI is InChI=1S/C16H28N2O2S/c1-5-18(6-2)16(15-10-8-7-9-11-15)12-17-14(3)13-21(4,19)20/h7-11,14,16-17H,5-6,12-13H2,1-4H3. The van der Waals surface area contributed by atoms with Crippen LogP contribution in [0.3, 0.4) is 0 Å². The van der Waals surface area contributed by atoms with Gasteiger partial charge in [0.1, 0.15) is 9.84 Å². The summed E-state index contributed by atoms with van der Waals surface area (Å²) in [6.07, 6.45) is 1.28. The van der Waals surface area contributed by atoms with E-state index < -0.39 is 9.84 Å². The largest absolute Gasteiger partial charge is 0.311 e. The molecule has 0 aromatic heterocycles. The molecule has 0 aliphatic rings. The summed E-state index contributed by atoms with van der Waals surface area (Å²) in [5.41, 5.74) is 1.26. The van der Waals surface area contributed by atoms with Crippen molar-refractivity contribution in [3.8, 4) is 0 Å². The lowest BCUT2D eigenvalue weighted by Crippen LogP contribution is -2.41. The van der Waals surface area contributed by atoms with Crippen molar-refractivity contribution in [2.75, 3.05) is 31.6 Å². The molecule has 0 amide bonds. The van der Waals surface area contributed by atoms with E-state index in [1.54, 1.807) is 0 Å². The van der Waals surface area contributed by atoms with Gasteiger partial charge in [0, 0.05) is 24.9 Å². The minimum Gasteiger partial charge on any atom is -0.311 e. The Labute approximate surface area is 129 Å². The normalized spacial score (nSPS) is 15.1. The topological polar surface area (TPSA) is 49.4 Å². The zero-order valence-corrected chi connectivity index (χ0v) is 14.4. The predicted molar refractivity (Wildman–Crippen MR) is 89.3 cm³/mol. The monoisotopic (exact) mass is 312 g/mol. The maximum absolute atomic E-state index is 11.4. The Morgan fingerprint density at radius 2 is 1.71 bits per heavy atom. The first-order valence-electron chi connectivity index (χ1n) is 7.57. The molecule has 0 fully saturated rings. The van der Waals surface area contributed by atoms with Gasteiger partial charge in [-0.3, -0.25) is 4.90 Å². The van der Waals surface area contributed by atoms with E-state index in [1.165, 1.54) is 11.8 Å². The van der Waals surface area contributed by atoms with Crippen molar-refractivity contribution in [1.82, 2.24) is 10.2 Å². The first-order valence-corrected chi connectivity index (χ1v) is 9.63. The lowest BCUT2D eigenvalue weighted by molar-refractivity contribution is 0.210. The maximum atomic E-state index is 11.4. The number of nitrogens with zero attached hydrogens (tertiary/aromatic N) is 1. The van der Waals surface area contributed by atoms with E-state index in [4.69, 9.17) is 0 Å². The fraction of sp³-hybridized carbons (Fsp3) is 0.625. The molecule has 1 rings (SSSR count). The van der Waals surface area contributed by atoms with E-state index in [0.29, 0.717) is 0 Å². The van der Waals surface area contributed by atoms with Crippen LogP contribution < -0.4 is 5.32 Å². The predicted octanol–water partition coefficient (Wildman–Crippen LogP) is 2.09. The highest BCUT2D eigenvalue weighted by Gasteiger charge is 2.19. The van der Waals surface area contributed by atoms with Crippen molar-refractivity contribution in [2.45, 2.75) is 32.9 Å². The molecule has 1 aromatic carbocycles. The Kier molecular flexibility index (Phi) is 7.35. The Morgan fingerprint density at radius 1 is 1.14 bits per heavy atom. The molecular weight excluding hydrogens is 284 g/mol. The average Bonchev–Trinajstić information content (AvgIpc) is 2.42. The summed E-state index contributed by atoms with van der Waals surface area (Å²) in [6, 6.07) is 10.6. The molecule has 0 spiro atoms. The second-order valence-corrected chi connectivity index (χ2v) is 7.73. The molecule has 0 saturated carbocycles. The minimum absolute atomic E-state index is 0.0400. The summed E-state index contributed by atoms with van der Waals surface area (Å²) < 4.78 is 22.7. The van der Waals surface area contributed by atoms with Crippen LogP contribution in [0.4, 0.5) is 0 Å². The van der Waals surface area contributed by atoms with Crippen molar-refractivity contribution < 1.29 is 8.42 Å². The summed E-state index contributed by atoms with van der Waals surface area (Å²) in [7, 11) is -2.94. The first-order chi connectivity index (χ1) is 9.87. The van der Waals surface area contributed by atoms with Gasteiger partial charge >= 0.3 is 0 Å². The van der Waals surface area contributed by atoms with Gasteiger partial charge in [-0.1, -0.05) is 44.2 Å². The van der Waals surface area contributed by atoms with Gasteiger partial charge in [-0.05, 0) is 25.6 Å². The third kappa shape index (κ3) is 6.59. The summed E-state index contributed by atoms with van der Waals surface area (Å²) in [5, 5.41) is 3.37. The quantitative estimate of drug-likeness (QED) is 0.758. The fourth-order valence-electron chi connectivity index (χ4n) is 2.62. The first kappa shape index (κ1) is 18.1. The molecule has 0 radical (unpaired) electrons. The van der Waals surface area contributed by atoms with Gasteiger partial charge in [0.25, 0.3) is 0 Å². The molecule has 4 nitrogen and oxygen atoms in total. The van der Waals surface area contributed by atoms with E-state index in [1.807, 2.05) is 25.1 Å². The Hall–Kier alpha value is -0.910. The summed E-state index contributed by atoms with van der Waals surface area (Å²) in [4.78, 5) is 2.38. The number of hydrogen-bond donors (Lipinski definition) is 1. The minimum atomic E-state index is -2.94. The van der Waals surface area contributed by atoms with E-state index in [-0.39, 0.29) is 17.8 Å². The molecule has 2 atom stereocenters. The SMILES string of the molecule is CCN(CC)C(CNC(C)CS(C)(=O)=O)c1ccccc1. The van der Waals surface area contributed by atoms with Crippen molar-refractivity contribution >= 4 is 9.84 Å². The van der Waals surface area contributed by atoms with Crippen LogP contribution in [0.15, 0.2) is 30.3 Å². The summed E-state index contributed by atoms with van der Waals surface area (Å²) in [5.74, 6) is 0.173. The second-order valence-electron chi connectivity index (χ2n) is 5.55. The van der Waals surface area contributed by atoms with Gasteiger partial charge in [0.05, 0.1) is 5.75 Å².